The average molecular weight is 393 g/mol. The lowest BCUT2D eigenvalue weighted by atomic mass is 9.95. The van der Waals surface area contributed by atoms with E-state index in [-0.39, 0.29) is 23.6 Å². The van der Waals surface area contributed by atoms with Gasteiger partial charge in [-0.15, -0.1) is 11.3 Å². The van der Waals surface area contributed by atoms with Gasteiger partial charge >= 0.3 is 0 Å². The molecule has 3 heterocycles. The van der Waals surface area contributed by atoms with Gasteiger partial charge in [0.05, 0.1) is 11.4 Å². The molecule has 0 aromatic carbocycles. The molecule has 1 aromatic heterocycles. The summed E-state index contributed by atoms with van der Waals surface area (Å²) in [6, 6.07) is 3.74. The second-order valence-electron chi connectivity index (χ2n) is 7.10. The van der Waals surface area contributed by atoms with Crippen molar-refractivity contribution in [3.05, 3.63) is 22.4 Å². The number of nitrogens with one attached hydrogen (secondary N) is 1. The van der Waals surface area contributed by atoms with Gasteiger partial charge in [0.25, 0.3) is 5.91 Å². The Hall–Kier alpha value is -1.93. The van der Waals surface area contributed by atoms with Crippen LogP contribution in [0.3, 0.4) is 0 Å². The van der Waals surface area contributed by atoms with Crippen LogP contribution in [0.4, 0.5) is 0 Å². The fraction of sp³-hybridized carbons (Fsp3) is 0.632. The largest absolute Gasteiger partial charge is 0.355 e. The molecular weight excluding hydrogens is 364 g/mol. The Morgan fingerprint density at radius 1 is 1.07 bits per heavy atom. The van der Waals surface area contributed by atoms with E-state index in [1.54, 1.807) is 0 Å². The van der Waals surface area contributed by atoms with Crippen molar-refractivity contribution in [2.45, 2.75) is 19.8 Å². The number of piperidine rings is 1. The second kappa shape index (κ2) is 9.32. The van der Waals surface area contributed by atoms with Gasteiger partial charge in [-0.3, -0.25) is 19.3 Å². The molecule has 0 unspecified atom stereocenters. The first-order chi connectivity index (χ1) is 13.1. The third-order valence-corrected chi connectivity index (χ3v) is 6.15. The number of rotatable bonds is 5. The second-order valence-corrected chi connectivity index (χ2v) is 8.05. The van der Waals surface area contributed by atoms with Gasteiger partial charge in [0.15, 0.2) is 0 Å². The summed E-state index contributed by atoms with van der Waals surface area (Å²) in [7, 11) is 0. The van der Waals surface area contributed by atoms with E-state index in [9.17, 15) is 14.4 Å². The molecule has 1 N–H and O–H groups in total. The molecule has 2 saturated heterocycles. The summed E-state index contributed by atoms with van der Waals surface area (Å²) < 4.78 is 0. The highest BCUT2D eigenvalue weighted by molar-refractivity contribution is 7.12. The maximum Gasteiger partial charge on any atom is 0.263 e. The van der Waals surface area contributed by atoms with Crippen LogP contribution in [-0.2, 0) is 9.59 Å². The van der Waals surface area contributed by atoms with Crippen molar-refractivity contribution in [1.82, 2.24) is 20.0 Å². The number of hydrogen-bond donors (Lipinski definition) is 1. The highest BCUT2D eigenvalue weighted by Gasteiger charge is 2.32. The van der Waals surface area contributed by atoms with Gasteiger partial charge in [-0.1, -0.05) is 6.07 Å². The van der Waals surface area contributed by atoms with Gasteiger partial charge in [-0.25, -0.2) is 0 Å². The van der Waals surface area contributed by atoms with Crippen LogP contribution in [0, 0.1) is 5.92 Å². The topological polar surface area (TPSA) is 73.0 Å². The molecule has 1 aromatic rings. The van der Waals surface area contributed by atoms with E-state index < -0.39 is 0 Å². The Kier molecular flexibility index (Phi) is 6.84. The molecule has 2 aliphatic heterocycles. The molecule has 0 aliphatic carbocycles. The standard InChI is InChI=1S/C19H28N4O3S/c1-2-20-17(24)14-21-9-11-23(12-10-21)18(25)15-5-7-22(8-6-15)19(26)16-4-3-13-27-16/h3-4,13,15H,2,5-12,14H2,1H3,(H,20,24). The molecule has 0 radical (unpaired) electrons. The molecule has 0 atom stereocenters. The van der Waals surface area contributed by atoms with E-state index in [0.29, 0.717) is 39.3 Å². The predicted octanol–water partition coefficient (Wildman–Crippen LogP) is 0.881. The fourth-order valence-electron chi connectivity index (χ4n) is 3.73. The molecular formula is C19H28N4O3S. The highest BCUT2D eigenvalue weighted by atomic mass is 32.1. The van der Waals surface area contributed by atoms with Gasteiger partial charge in [-0.05, 0) is 31.2 Å². The number of thiophene rings is 1. The van der Waals surface area contributed by atoms with Gasteiger partial charge in [-0.2, -0.15) is 0 Å². The maximum absolute atomic E-state index is 12.8. The van der Waals surface area contributed by atoms with Gasteiger partial charge in [0.1, 0.15) is 0 Å². The summed E-state index contributed by atoms with van der Waals surface area (Å²) in [4.78, 5) is 43.6. The zero-order valence-electron chi connectivity index (χ0n) is 15.9. The minimum atomic E-state index is 0.00678. The average Bonchev–Trinajstić information content (AvgIpc) is 3.22. The van der Waals surface area contributed by atoms with Crippen molar-refractivity contribution in [1.29, 1.82) is 0 Å². The lowest BCUT2D eigenvalue weighted by molar-refractivity contribution is -0.138. The van der Waals surface area contributed by atoms with Crippen molar-refractivity contribution >= 4 is 29.1 Å². The zero-order valence-corrected chi connectivity index (χ0v) is 16.7. The first-order valence-electron chi connectivity index (χ1n) is 9.69. The van der Waals surface area contributed by atoms with Crippen LogP contribution in [0.25, 0.3) is 0 Å². The minimum absolute atomic E-state index is 0.00678. The van der Waals surface area contributed by atoms with Crippen LogP contribution < -0.4 is 5.32 Å². The summed E-state index contributed by atoms with van der Waals surface area (Å²) in [5.74, 6) is 0.332. The summed E-state index contributed by atoms with van der Waals surface area (Å²) >= 11 is 1.46. The summed E-state index contributed by atoms with van der Waals surface area (Å²) in [5, 5.41) is 4.72. The van der Waals surface area contributed by atoms with E-state index >= 15 is 0 Å². The van der Waals surface area contributed by atoms with Crippen molar-refractivity contribution in [2.24, 2.45) is 5.92 Å². The fourth-order valence-corrected chi connectivity index (χ4v) is 4.42. The molecule has 8 heteroatoms. The van der Waals surface area contributed by atoms with E-state index in [1.165, 1.54) is 11.3 Å². The Bertz CT molecular complexity index is 648. The number of likely N-dealkylation sites (N-methyl/N-ethyl adjacent to an activating group) is 1. The molecule has 7 nitrogen and oxygen atoms in total. The third-order valence-electron chi connectivity index (χ3n) is 5.29. The minimum Gasteiger partial charge on any atom is -0.355 e. The molecule has 2 fully saturated rings. The number of likely N-dealkylation sites (tertiary alicyclic amines) is 1. The number of carbonyl (C=O) groups is 3. The van der Waals surface area contributed by atoms with E-state index in [1.807, 2.05) is 34.2 Å². The number of amides is 3. The summed E-state index contributed by atoms with van der Waals surface area (Å²) in [6.07, 6.45) is 1.46. The van der Waals surface area contributed by atoms with Gasteiger partial charge < -0.3 is 15.1 Å². The zero-order chi connectivity index (χ0) is 19.2. The number of nitrogens with zero attached hydrogens (tertiary/aromatic N) is 3. The molecule has 0 saturated carbocycles. The van der Waals surface area contributed by atoms with Crippen LogP contribution >= 0.6 is 11.3 Å². The Morgan fingerprint density at radius 3 is 2.37 bits per heavy atom. The quantitative estimate of drug-likeness (QED) is 0.807. The van der Waals surface area contributed by atoms with Crippen LogP contribution in [0.15, 0.2) is 17.5 Å². The molecule has 148 valence electrons. The predicted molar refractivity (Wildman–Crippen MR) is 105 cm³/mol. The van der Waals surface area contributed by atoms with Crippen LogP contribution in [-0.4, -0.2) is 84.8 Å². The molecule has 3 rings (SSSR count). The van der Waals surface area contributed by atoms with Crippen molar-refractivity contribution < 1.29 is 14.4 Å². The van der Waals surface area contributed by atoms with Crippen LogP contribution in [0.1, 0.15) is 29.4 Å². The lowest BCUT2D eigenvalue weighted by Crippen LogP contribution is -2.53. The number of hydrogen-bond acceptors (Lipinski definition) is 5. The monoisotopic (exact) mass is 392 g/mol. The molecule has 27 heavy (non-hydrogen) atoms. The van der Waals surface area contributed by atoms with Crippen molar-refractivity contribution in [2.75, 3.05) is 52.4 Å². The first kappa shape index (κ1) is 19.8. The number of carbonyl (C=O) groups excluding carboxylic acids is 3. The Balaban J connectivity index is 1.42. The lowest BCUT2D eigenvalue weighted by Gasteiger charge is -2.38. The van der Waals surface area contributed by atoms with Gasteiger partial charge in [0.2, 0.25) is 11.8 Å². The smallest absolute Gasteiger partial charge is 0.263 e. The summed E-state index contributed by atoms with van der Waals surface area (Å²) in [6.45, 7) is 7.06. The first-order valence-corrected chi connectivity index (χ1v) is 10.6. The molecule has 0 spiro atoms. The van der Waals surface area contributed by atoms with Crippen molar-refractivity contribution in [3.8, 4) is 0 Å². The Morgan fingerprint density at radius 2 is 1.78 bits per heavy atom. The molecule has 2 aliphatic rings. The van der Waals surface area contributed by atoms with Crippen LogP contribution in [0.2, 0.25) is 0 Å². The van der Waals surface area contributed by atoms with E-state index in [2.05, 4.69) is 10.2 Å². The summed E-state index contributed by atoms with van der Waals surface area (Å²) in [5.41, 5.74) is 0. The maximum atomic E-state index is 12.8. The Labute approximate surface area is 164 Å². The van der Waals surface area contributed by atoms with Crippen LogP contribution in [0.5, 0.6) is 0 Å². The van der Waals surface area contributed by atoms with E-state index in [0.717, 1.165) is 30.8 Å². The third kappa shape index (κ3) is 5.07. The molecule has 3 amide bonds. The van der Waals surface area contributed by atoms with E-state index in [4.69, 9.17) is 0 Å². The SMILES string of the molecule is CCNC(=O)CN1CCN(C(=O)C2CCN(C(=O)c3cccs3)CC2)CC1. The van der Waals surface area contributed by atoms with Crippen molar-refractivity contribution in [3.63, 3.8) is 0 Å². The van der Waals surface area contributed by atoms with Gasteiger partial charge in [0, 0.05) is 51.7 Å². The molecule has 0 bridgehead atoms. The number of piperazine rings is 1. The normalized spacial score (nSPS) is 19.1. The highest BCUT2D eigenvalue weighted by Crippen LogP contribution is 2.23.